The summed E-state index contributed by atoms with van der Waals surface area (Å²) in [5.74, 6) is 0.521. The maximum Gasteiger partial charge on any atom is 0.124 e. The molecule has 0 aliphatic heterocycles. The molecule has 1 aromatic heterocycles. The topological polar surface area (TPSA) is 51.3 Å². The van der Waals surface area contributed by atoms with Crippen molar-refractivity contribution in [2.45, 2.75) is 13.8 Å². The van der Waals surface area contributed by atoms with Crippen molar-refractivity contribution in [3.05, 3.63) is 36.2 Å². The van der Waals surface area contributed by atoms with E-state index in [1.165, 1.54) is 0 Å². The molecular formula is C10H13N3. The van der Waals surface area contributed by atoms with E-state index in [-0.39, 0.29) is 0 Å². The average Bonchev–Trinajstić information content (AvgIpc) is 2.14. The van der Waals surface area contributed by atoms with Crippen LogP contribution in [0.5, 0.6) is 0 Å². The standard InChI is InChI=1S/C10H13N3/c1-3-7-12-8(2)9-5-4-6-10(11)13-9/h3-7H,1-2H3,(H2,11,13)/b7-3-,12-8?. The Bertz CT molecular complexity index is 340. The molecule has 0 aliphatic carbocycles. The van der Waals surface area contributed by atoms with Gasteiger partial charge in [-0.2, -0.15) is 0 Å². The molecule has 3 heteroatoms. The first-order valence-electron chi connectivity index (χ1n) is 4.12. The number of hydrogen-bond acceptors (Lipinski definition) is 3. The number of rotatable bonds is 2. The van der Waals surface area contributed by atoms with Crippen molar-refractivity contribution in [1.82, 2.24) is 4.98 Å². The van der Waals surface area contributed by atoms with E-state index in [2.05, 4.69) is 9.98 Å². The van der Waals surface area contributed by atoms with Crippen molar-refractivity contribution in [3.63, 3.8) is 0 Å². The Morgan fingerprint density at radius 2 is 2.31 bits per heavy atom. The van der Waals surface area contributed by atoms with Crippen LogP contribution < -0.4 is 5.73 Å². The van der Waals surface area contributed by atoms with E-state index in [0.717, 1.165) is 11.4 Å². The highest BCUT2D eigenvalue weighted by Crippen LogP contribution is 2.02. The Morgan fingerprint density at radius 1 is 1.54 bits per heavy atom. The summed E-state index contributed by atoms with van der Waals surface area (Å²) in [5, 5.41) is 0. The van der Waals surface area contributed by atoms with Gasteiger partial charge in [0.2, 0.25) is 0 Å². The average molecular weight is 175 g/mol. The number of anilines is 1. The van der Waals surface area contributed by atoms with E-state index < -0.39 is 0 Å². The molecule has 0 spiro atoms. The highest BCUT2D eigenvalue weighted by molar-refractivity contribution is 5.97. The van der Waals surface area contributed by atoms with Gasteiger partial charge in [-0.25, -0.2) is 4.98 Å². The smallest absolute Gasteiger partial charge is 0.124 e. The summed E-state index contributed by atoms with van der Waals surface area (Å²) in [5.41, 5.74) is 7.22. The van der Waals surface area contributed by atoms with E-state index >= 15 is 0 Å². The summed E-state index contributed by atoms with van der Waals surface area (Å²) in [6.45, 7) is 3.82. The summed E-state index contributed by atoms with van der Waals surface area (Å²) in [6.07, 6.45) is 3.61. The van der Waals surface area contributed by atoms with Crippen LogP contribution in [-0.2, 0) is 0 Å². The van der Waals surface area contributed by atoms with E-state index in [0.29, 0.717) is 5.82 Å². The monoisotopic (exact) mass is 175 g/mol. The van der Waals surface area contributed by atoms with Gasteiger partial charge >= 0.3 is 0 Å². The number of nitrogen functional groups attached to an aromatic ring is 1. The van der Waals surface area contributed by atoms with Crippen molar-refractivity contribution in [3.8, 4) is 0 Å². The number of aromatic nitrogens is 1. The van der Waals surface area contributed by atoms with Gasteiger partial charge in [0, 0.05) is 6.20 Å². The van der Waals surface area contributed by atoms with Gasteiger partial charge in [0.15, 0.2) is 0 Å². The molecule has 0 aromatic carbocycles. The number of nitrogens with zero attached hydrogens (tertiary/aromatic N) is 2. The zero-order valence-electron chi connectivity index (χ0n) is 7.86. The quantitative estimate of drug-likeness (QED) is 0.699. The molecule has 0 amide bonds. The van der Waals surface area contributed by atoms with Gasteiger partial charge in [0.25, 0.3) is 0 Å². The van der Waals surface area contributed by atoms with Crippen LogP contribution in [0.4, 0.5) is 5.82 Å². The number of allylic oxidation sites excluding steroid dienone is 1. The largest absolute Gasteiger partial charge is 0.384 e. The second-order valence-corrected chi connectivity index (χ2v) is 2.64. The number of hydrogen-bond donors (Lipinski definition) is 1. The van der Waals surface area contributed by atoms with Gasteiger partial charge in [0.1, 0.15) is 5.82 Å². The summed E-state index contributed by atoms with van der Waals surface area (Å²) >= 11 is 0. The molecule has 13 heavy (non-hydrogen) atoms. The maximum absolute atomic E-state index is 5.54. The van der Waals surface area contributed by atoms with E-state index in [9.17, 15) is 0 Å². The van der Waals surface area contributed by atoms with Gasteiger partial charge in [-0.05, 0) is 26.0 Å². The lowest BCUT2D eigenvalue weighted by atomic mass is 10.2. The fraction of sp³-hybridized carbons (Fsp3) is 0.200. The first kappa shape index (κ1) is 9.45. The zero-order valence-corrected chi connectivity index (χ0v) is 7.86. The fourth-order valence-corrected chi connectivity index (χ4v) is 0.905. The third-order valence-electron chi connectivity index (χ3n) is 1.56. The van der Waals surface area contributed by atoms with Crippen LogP contribution in [0.3, 0.4) is 0 Å². The molecule has 0 aliphatic rings. The minimum absolute atomic E-state index is 0.521. The molecule has 0 bridgehead atoms. The van der Waals surface area contributed by atoms with Crippen LogP contribution in [0.25, 0.3) is 0 Å². The van der Waals surface area contributed by atoms with Crippen LogP contribution in [0.2, 0.25) is 0 Å². The fourth-order valence-electron chi connectivity index (χ4n) is 0.905. The number of pyridine rings is 1. The Hall–Kier alpha value is -1.64. The second-order valence-electron chi connectivity index (χ2n) is 2.64. The first-order chi connectivity index (χ1) is 6.24. The second kappa shape index (κ2) is 4.40. The summed E-state index contributed by atoms with van der Waals surface area (Å²) in [6, 6.07) is 5.51. The molecule has 1 aromatic rings. The van der Waals surface area contributed by atoms with Gasteiger partial charge in [-0.15, -0.1) is 0 Å². The van der Waals surface area contributed by atoms with Gasteiger partial charge in [-0.3, -0.25) is 4.99 Å². The Kier molecular flexibility index (Phi) is 3.20. The van der Waals surface area contributed by atoms with Crippen LogP contribution in [0.1, 0.15) is 19.5 Å². The summed E-state index contributed by atoms with van der Waals surface area (Å²) in [4.78, 5) is 8.31. The molecule has 0 fully saturated rings. The van der Waals surface area contributed by atoms with E-state index in [1.54, 1.807) is 12.3 Å². The van der Waals surface area contributed by atoms with Crippen LogP contribution in [0.15, 0.2) is 35.5 Å². The predicted molar refractivity (Wildman–Crippen MR) is 55.7 cm³/mol. The van der Waals surface area contributed by atoms with Gasteiger partial charge < -0.3 is 5.73 Å². The summed E-state index contributed by atoms with van der Waals surface area (Å²) in [7, 11) is 0. The van der Waals surface area contributed by atoms with Crippen molar-refractivity contribution < 1.29 is 0 Å². The van der Waals surface area contributed by atoms with E-state index in [1.807, 2.05) is 32.1 Å². The lowest BCUT2D eigenvalue weighted by Crippen LogP contribution is -2.00. The Morgan fingerprint density at radius 3 is 2.92 bits per heavy atom. The molecule has 0 saturated heterocycles. The van der Waals surface area contributed by atoms with Gasteiger partial charge in [-0.1, -0.05) is 12.1 Å². The number of aliphatic imine (C=N–C) groups is 1. The van der Waals surface area contributed by atoms with Gasteiger partial charge in [0.05, 0.1) is 11.4 Å². The van der Waals surface area contributed by atoms with Crippen molar-refractivity contribution in [1.29, 1.82) is 0 Å². The van der Waals surface area contributed by atoms with Crippen LogP contribution in [0, 0.1) is 0 Å². The van der Waals surface area contributed by atoms with Crippen molar-refractivity contribution in [2.75, 3.05) is 5.73 Å². The normalized spacial score (nSPS) is 12.3. The first-order valence-corrected chi connectivity index (χ1v) is 4.12. The molecule has 0 unspecified atom stereocenters. The van der Waals surface area contributed by atoms with Crippen molar-refractivity contribution in [2.24, 2.45) is 4.99 Å². The zero-order chi connectivity index (χ0) is 9.68. The predicted octanol–water partition coefficient (Wildman–Crippen LogP) is 2.01. The van der Waals surface area contributed by atoms with E-state index in [4.69, 9.17) is 5.73 Å². The minimum atomic E-state index is 0.521. The molecule has 0 atom stereocenters. The lowest BCUT2D eigenvalue weighted by Gasteiger charge is -1.98. The highest BCUT2D eigenvalue weighted by atomic mass is 14.9. The molecular weight excluding hydrogens is 162 g/mol. The molecule has 3 nitrogen and oxygen atoms in total. The number of nitrogens with two attached hydrogens (primary N) is 1. The van der Waals surface area contributed by atoms with Crippen LogP contribution >= 0.6 is 0 Å². The molecule has 0 saturated carbocycles. The SMILES string of the molecule is C/C=C\N=C(C)c1cccc(N)n1. The highest BCUT2D eigenvalue weighted by Gasteiger charge is 1.97. The Labute approximate surface area is 78.0 Å². The van der Waals surface area contributed by atoms with Crippen LogP contribution in [-0.4, -0.2) is 10.7 Å². The third-order valence-corrected chi connectivity index (χ3v) is 1.56. The molecule has 2 N–H and O–H groups in total. The Balaban J connectivity index is 2.94. The molecule has 0 radical (unpaired) electrons. The maximum atomic E-state index is 5.54. The third kappa shape index (κ3) is 2.71. The summed E-state index contributed by atoms with van der Waals surface area (Å²) < 4.78 is 0. The minimum Gasteiger partial charge on any atom is -0.384 e. The molecule has 68 valence electrons. The van der Waals surface area contributed by atoms with Crippen molar-refractivity contribution >= 4 is 11.5 Å². The molecule has 1 heterocycles. The molecule has 1 rings (SSSR count). The lowest BCUT2D eigenvalue weighted by molar-refractivity contribution is 1.28.